The van der Waals surface area contributed by atoms with Gasteiger partial charge in [-0.3, -0.25) is 0 Å². The molecule has 3 nitrogen and oxygen atoms in total. The lowest BCUT2D eigenvalue weighted by molar-refractivity contribution is -0.163. The van der Waals surface area contributed by atoms with Crippen molar-refractivity contribution in [2.75, 3.05) is 0 Å². The smallest absolute Gasteiger partial charge is 0.335 e. The minimum Gasteiger partial charge on any atom is -0.426 e. The van der Waals surface area contributed by atoms with E-state index in [1.165, 1.54) is 6.92 Å². The third kappa shape index (κ3) is 3.04. The van der Waals surface area contributed by atoms with Crippen molar-refractivity contribution in [1.82, 2.24) is 0 Å². The number of hydrogen-bond acceptors (Lipinski definition) is 2. The molecule has 0 bridgehead atoms. The van der Waals surface area contributed by atoms with Gasteiger partial charge in [-0.2, -0.15) is 5.11 Å². The largest absolute Gasteiger partial charge is 0.426 e. The summed E-state index contributed by atoms with van der Waals surface area (Å²) in [5.74, 6) is -0.681. The van der Waals surface area contributed by atoms with Gasteiger partial charge in [0.05, 0.1) is 0 Å². The Kier molecular flexibility index (Phi) is 3.43. The second kappa shape index (κ2) is 3.85. The first-order chi connectivity index (χ1) is 4.57. The predicted molar refractivity (Wildman–Crippen MR) is 35.6 cm³/mol. The van der Waals surface area contributed by atoms with Crippen LogP contribution in [0.4, 0.5) is 0 Å². The molecule has 0 fully saturated rings. The van der Waals surface area contributed by atoms with Crippen molar-refractivity contribution in [3.63, 3.8) is 0 Å². The van der Waals surface area contributed by atoms with E-state index in [4.69, 9.17) is 0 Å². The third-order valence-electron chi connectivity index (χ3n) is 0.764. The van der Waals surface area contributed by atoms with Crippen LogP contribution < -0.4 is 0 Å². The fourth-order valence-corrected chi connectivity index (χ4v) is 0.254. The van der Waals surface area contributed by atoms with E-state index >= 15 is 0 Å². The summed E-state index contributed by atoms with van der Waals surface area (Å²) in [6, 6.07) is 0. The highest BCUT2D eigenvalue weighted by atomic mass is 16.6. The highest BCUT2D eigenvalue weighted by Crippen LogP contribution is 1.96. The van der Waals surface area contributed by atoms with Crippen molar-refractivity contribution >= 4 is 5.97 Å². The molecule has 1 radical (unpaired) electrons. The molecule has 1 atom stereocenters. The highest BCUT2D eigenvalue weighted by Gasteiger charge is 2.07. The van der Waals surface area contributed by atoms with Crippen LogP contribution >= 0.6 is 0 Å². The van der Waals surface area contributed by atoms with E-state index in [-0.39, 0.29) is 5.57 Å². The van der Waals surface area contributed by atoms with Crippen molar-refractivity contribution in [2.24, 2.45) is 0 Å². The number of esters is 1. The minimum atomic E-state index is -1.48. The SMILES string of the molecule is C=CC([O])OC(=O)C(=C)C. The fourth-order valence-electron chi connectivity index (χ4n) is 0.254. The van der Waals surface area contributed by atoms with Gasteiger partial charge in [0.15, 0.2) is 0 Å². The summed E-state index contributed by atoms with van der Waals surface area (Å²) in [4.78, 5) is 10.5. The van der Waals surface area contributed by atoms with Gasteiger partial charge in [-0.05, 0) is 13.0 Å². The summed E-state index contributed by atoms with van der Waals surface area (Å²) < 4.78 is 4.25. The molecular formula is C7H9O3. The molecule has 0 spiro atoms. The first kappa shape index (κ1) is 8.91. The second-order valence-electron chi connectivity index (χ2n) is 1.79. The molecule has 1 unspecified atom stereocenters. The Labute approximate surface area is 59.6 Å². The van der Waals surface area contributed by atoms with Gasteiger partial charge in [-0.15, -0.1) is 0 Å². The minimum absolute atomic E-state index is 0.211. The second-order valence-corrected chi connectivity index (χ2v) is 1.79. The molecule has 0 heterocycles. The summed E-state index contributed by atoms with van der Waals surface area (Å²) in [6.45, 7) is 7.92. The number of rotatable bonds is 3. The molecule has 0 aromatic heterocycles. The Morgan fingerprint density at radius 2 is 2.20 bits per heavy atom. The molecule has 0 saturated heterocycles. The molecule has 0 aromatic carbocycles. The zero-order chi connectivity index (χ0) is 8.15. The maximum absolute atomic E-state index is 10.5. The van der Waals surface area contributed by atoms with Crippen molar-refractivity contribution in [1.29, 1.82) is 0 Å². The van der Waals surface area contributed by atoms with E-state index < -0.39 is 12.3 Å². The Morgan fingerprint density at radius 3 is 2.50 bits per heavy atom. The maximum Gasteiger partial charge on any atom is 0.335 e. The van der Waals surface area contributed by atoms with Crippen LogP contribution in [0.15, 0.2) is 24.8 Å². The zero-order valence-corrected chi connectivity index (χ0v) is 5.79. The van der Waals surface area contributed by atoms with Crippen molar-refractivity contribution in [2.45, 2.75) is 13.2 Å². The van der Waals surface area contributed by atoms with Gasteiger partial charge < -0.3 is 4.74 Å². The van der Waals surface area contributed by atoms with Gasteiger partial charge in [0, 0.05) is 5.57 Å². The van der Waals surface area contributed by atoms with Crippen molar-refractivity contribution in [3.8, 4) is 0 Å². The van der Waals surface area contributed by atoms with Crippen LogP contribution in [0.3, 0.4) is 0 Å². The third-order valence-corrected chi connectivity index (χ3v) is 0.764. The average Bonchev–Trinajstić information content (AvgIpc) is 1.87. The molecule has 10 heavy (non-hydrogen) atoms. The van der Waals surface area contributed by atoms with Crippen LogP contribution in [0.1, 0.15) is 6.92 Å². The van der Waals surface area contributed by atoms with Gasteiger partial charge >= 0.3 is 5.97 Å². The van der Waals surface area contributed by atoms with Gasteiger partial charge in [0.1, 0.15) is 0 Å². The Bertz CT molecular complexity index is 160. The topological polar surface area (TPSA) is 46.2 Å². The molecule has 0 aliphatic carbocycles. The first-order valence-electron chi connectivity index (χ1n) is 2.72. The summed E-state index contributed by atoms with van der Waals surface area (Å²) >= 11 is 0. The molecule has 0 saturated carbocycles. The molecule has 0 aliphatic heterocycles. The molecule has 0 N–H and O–H groups in total. The van der Waals surface area contributed by atoms with Gasteiger partial charge in [0.25, 0.3) is 6.29 Å². The van der Waals surface area contributed by atoms with E-state index in [0.717, 1.165) is 6.08 Å². The van der Waals surface area contributed by atoms with Crippen LogP contribution in [-0.4, -0.2) is 12.3 Å². The van der Waals surface area contributed by atoms with E-state index in [0.29, 0.717) is 0 Å². The predicted octanol–water partition coefficient (Wildman–Crippen LogP) is 1.05. The summed E-state index contributed by atoms with van der Waals surface area (Å²) in [7, 11) is 0. The number of carbonyl (C=O) groups is 1. The van der Waals surface area contributed by atoms with E-state index in [1.54, 1.807) is 0 Å². The van der Waals surface area contributed by atoms with Crippen LogP contribution in [0.25, 0.3) is 0 Å². The molecular weight excluding hydrogens is 132 g/mol. The summed E-state index contributed by atoms with van der Waals surface area (Å²) in [6.07, 6.45) is -0.481. The van der Waals surface area contributed by atoms with Gasteiger partial charge in [0.2, 0.25) is 0 Å². The highest BCUT2D eigenvalue weighted by molar-refractivity contribution is 5.87. The lowest BCUT2D eigenvalue weighted by Crippen LogP contribution is -2.13. The number of carbonyl (C=O) groups excluding carboxylic acids is 1. The van der Waals surface area contributed by atoms with E-state index in [2.05, 4.69) is 17.9 Å². The Hall–Kier alpha value is -1.09. The van der Waals surface area contributed by atoms with Crippen LogP contribution in [0.2, 0.25) is 0 Å². The number of ether oxygens (including phenoxy) is 1. The summed E-state index contributed by atoms with van der Waals surface area (Å²) in [5, 5.41) is 10.4. The Balaban J connectivity index is 3.79. The molecule has 0 amide bonds. The zero-order valence-electron chi connectivity index (χ0n) is 5.79. The average molecular weight is 141 g/mol. The number of hydrogen-bond donors (Lipinski definition) is 0. The lowest BCUT2D eigenvalue weighted by atomic mass is 10.4. The quantitative estimate of drug-likeness (QED) is 0.255. The normalized spacial score (nSPS) is 11.8. The van der Waals surface area contributed by atoms with Crippen molar-refractivity contribution in [3.05, 3.63) is 24.8 Å². The van der Waals surface area contributed by atoms with Gasteiger partial charge in [-0.25, -0.2) is 4.79 Å². The lowest BCUT2D eigenvalue weighted by Gasteiger charge is -2.03. The standard InChI is InChI=1S/C7H9O3/c1-4-6(8)10-7(9)5(2)3/h4,6H,1-2H2,3H3. The van der Waals surface area contributed by atoms with Crippen molar-refractivity contribution < 1.29 is 14.6 Å². The van der Waals surface area contributed by atoms with Gasteiger partial charge in [-0.1, -0.05) is 13.2 Å². The molecule has 0 aromatic rings. The van der Waals surface area contributed by atoms with E-state index in [1.807, 2.05) is 0 Å². The molecule has 0 aliphatic rings. The monoisotopic (exact) mass is 141 g/mol. The Morgan fingerprint density at radius 1 is 1.70 bits per heavy atom. The van der Waals surface area contributed by atoms with E-state index in [9.17, 15) is 9.90 Å². The van der Waals surface area contributed by atoms with Crippen LogP contribution in [0.5, 0.6) is 0 Å². The summed E-state index contributed by atoms with van der Waals surface area (Å²) in [5.41, 5.74) is 0.211. The maximum atomic E-state index is 10.5. The molecule has 0 rings (SSSR count). The molecule has 3 heteroatoms. The van der Waals surface area contributed by atoms with Crippen LogP contribution in [-0.2, 0) is 14.6 Å². The fraction of sp³-hybridized carbons (Fsp3) is 0.286. The first-order valence-corrected chi connectivity index (χ1v) is 2.72. The van der Waals surface area contributed by atoms with Crippen LogP contribution in [0, 0.1) is 0 Å². The molecule has 55 valence electrons.